The quantitative estimate of drug-likeness (QED) is 0.866. The first-order valence-electron chi connectivity index (χ1n) is 5.56. The van der Waals surface area contributed by atoms with E-state index in [9.17, 15) is 5.11 Å². The van der Waals surface area contributed by atoms with E-state index in [1.165, 1.54) is 0 Å². The molecule has 2 N–H and O–H groups in total. The maximum Gasteiger partial charge on any atom is 0.161 e. The standard InChI is InChI=1S/C13H16N2O3/c1-8-4-11(17-2)12(18-3)5-10(8)13(16)9-6-14-15-7-9/h4-7,13,16H,1-3H3,(H,14,15). The number of aromatic nitrogens is 2. The van der Waals surface area contributed by atoms with Crippen molar-refractivity contribution in [3.8, 4) is 11.5 Å². The van der Waals surface area contributed by atoms with Crippen LogP contribution in [0.5, 0.6) is 11.5 Å². The third-order valence-electron chi connectivity index (χ3n) is 2.90. The van der Waals surface area contributed by atoms with Gasteiger partial charge in [0.1, 0.15) is 6.10 Å². The van der Waals surface area contributed by atoms with Gasteiger partial charge in [0, 0.05) is 11.8 Å². The topological polar surface area (TPSA) is 67.4 Å². The highest BCUT2D eigenvalue weighted by Crippen LogP contribution is 2.34. The first-order valence-corrected chi connectivity index (χ1v) is 5.56. The molecule has 5 heteroatoms. The second kappa shape index (κ2) is 5.10. The van der Waals surface area contributed by atoms with E-state index in [4.69, 9.17) is 9.47 Å². The molecule has 0 aliphatic carbocycles. The van der Waals surface area contributed by atoms with E-state index >= 15 is 0 Å². The van der Waals surface area contributed by atoms with Crippen LogP contribution >= 0.6 is 0 Å². The number of nitrogens with zero attached hydrogens (tertiary/aromatic N) is 1. The summed E-state index contributed by atoms with van der Waals surface area (Å²) in [4.78, 5) is 0. The second-order valence-electron chi connectivity index (χ2n) is 4.00. The zero-order valence-electron chi connectivity index (χ0n) is 10.6. The summed E-state index contributed by atoms with van der Waals surface area (Å²) in [6, 6.07) is 3.63. The van der Waals surface area contributed by atoms with Gasteiger partial charge in [-0.15, -0.1) is 0 Å². The third-order valence-corrected chi connectivity index (χ3v) is 2.90. The average Bonchev–Trinajstić information content (AvgIpc) is 2.91. The summed E-state index contributed by atoms with van der Waals surface area (Å²) < 4.78 is 10.5. The van der Waals surface area contributed by atoms with Crippen LogP contribution in [-0.4, -0.2) is 29.5 Å². The van der Waals surface area contributed by atoms with Crippen molar-refractivity contribution >= 4 is 0 Å². The Hall–Kier alpha value is -2.01. The van der Waals surface area contributed by atoms with Crippen molar-refractivity contribution in [1.82, 2.24) is 10.2 Å². The van der Waals surface area contributed by atoms with Crippen molar-refractivity contribution in [3.05, 3.63) is 41.2 Å². The third kappa shape index (κ3) is 2.17. The van der Waals surface area contributed by atoms with Crippen molar-refractivity contribution in [3.63, 3.8) is 0 Å². The highest BCUT2D eigenvalue weighted by Gasteiger charge is 2.17. The lowest BCUT2D eigenvalue weighted by atomic mass is 9.99. The number of aryl methyl sites for hydroxylation is 1. The summed E-state index contributed by atoms with van der Waals surface area (Å²) in [5, 5.41) is 16.8. The van der Waals surface area contributed by atoms with Crippen molar-refractivity contribution in [1.29, 1.82) is 0 Å². The van der Waals surface area contributed by atoms with Gasteiger partial charge in [0.25, 0.3) is 0 Å². The van der Waals surface area contributed by atoms with Crippen LogP contribution < -0.4 is 9.47 Å². The molecule has 0 radical (unpaired) electrons. The van der Waals surface area contributed by atoms with Crippen LogP contribution in [0.25, 0.3) is 0 Å². The number of nitrogens with one attached hydrogen (secondary N) is 1. The summed E-state index contributed by atoms with van der Waals surface area (Å²) in [6.07, 6.45) is 2.53. The Kier molecular flexibility index (Phi) is 3.53. The van der Waals surface area contributed by atoms with Crippen molar-refractivity contribution in [2.45, 2.75) is 13.0 Å². The van der Waals surface area contributed by atoms with Gasteiger partial charge in [-0.3, -0.25) is 5.10 Å². The lowest BCUT2D eigenvalue weighted by Gasteiger charge is -2.16. The number of aliphatic hydroxyl groups excluding tert-OH is 1. The molecule has 0 aliphatic rings. The molecule has 0 amide bonds. The van der Waals surface area contributed by atoms with Crippen molar-refractivity contribution < 1.29 is 14.6 Å². The normalized spacial score (nSPS) is 12.2. The Morgan fingerprint density at radius 3 is 2.44 bits per heavy atom. The van der Waals surface area contributed by atoms with Crippen LogP contribution in [0.1, 0.15) is 22.8 Å². The van der Waals surface area contributed by atoms with Crippen molar-refractivity contribution in [2.24, 2.45) is 0 Å². The molecule has 0 aliphatic heterocycles. The largest absolute Gasteiger partial charge is 0.493 e. The number of hydrogen-bond donors (Lipinski definition) is 2. The molecule has 0 fully saturated rings. The Labute approximate surface area is 105 Å². The molecule has 0 saturated carbocycles. The summed E-state index contributed by atoms with van der Waals surface area (Å²) in [7, 11) is 3.16. The van der Waals surface area contributed by atoms with E-state index in [2.05, 4.69) is 10.2 Å². The van der Waals surface area contributed by atoms with Gasteiger partial charge in [0.15, 0.2) is 11.5 Å². The zero-order valence-corrected chi connectivity index (χ0v) is 10.6. The van der Waals surface area contributed by atoms with Gasteiger partial charge < -0.3 is 14.6 Å². The van der Waals surface area contributed by atoms with Crippen LogP contribution in [-0.2, 0) is 0 Å². The molecule has 0 saturated heterocycles. The van der Waals surface area contributed by atoms with E-state index in [1.54, 1.807) is 32.7 Å². The number of ether oxygens (including phenoxy) is 2. The minimum absolute atomic E-state index is 0.598. The minimum atomic E-state index is -0.733. The van der Waals surface area contributed by atoms with Crippen LogP contribution in [0.3, 0.4) is 0 Å². The molecular formula is C13H16N2O3. The summed E-state index contributed by atoms with van der Waals surface area (Å²) in [5.41, 5.74) is 2.42. The molecule has 96 valence electrons. The fourth-order valence-corrected chi connectivity index (χ4v) is 1.88. The highest BCUT2D eigenvalue weighted by molar-refractivity contribution is 5.49. The first-order chi connectivity index (χ1) is 8.67. The molecule has 1 unspecified atom stereocenters. The van der Waals surface area contributed by atoms with Crippen molar-refractivity contribution in [2.75, 3.05) is 14.2 Å². The van der Waals surface area contributed by atoms with E-state index in [0.29, 0.717) is 17.1 Å². The van der Waals surface area contributed by atoms with E-state index in [-0.39, 0.29) is 0 Å². The maximum absolute atomic E-state index is 10.3. The molecular weight excluding hydrogens is 232 g/mol. The van der Waals surface area contributed by atoms with Crippen LogP contribution in [0, 0.1) is 6.92 Å². The van der Waals surface area contributed by atoms with Crippen LogP contribution in [0.4, 0.5) is 0 Å². The Morgan fingerprint density at radius 2 is 1.89 bits per heavy atom. The fourth-order valence-electron chi connectivity index (χ4n) is 1.88. The summed E-state index contributed by atoms with van der Waals surface area (Å²) in [5.74, 6) is 1.25. The van der Waals surface area contributed by atoms with Crippen LogP contribution in [0.2, 0.25) is 0 Å². The molecule has 5 nitrogen and oxygen atoms in total. The second-order valence-corrected chi connectivity index (χ2v) is 4.00. The first kappa shape index (κ1) is 12.4. The Bertz CT molecular complexity index is 523. The molecule has 1 aromatic carbocycles. The van der Waals surface area contributed by atoms with Gasteiger partial charge in [-0.25, -0.2) is 0 Å². The fraction of sp³-hybridized carbons (Fsp3) is 0.308. The van der Waals surface area contributed by atoms with Gasteiger partial charge >= 0.3 is 0 Å². The Morgan fingerprint density at radius 1 is 1.22 bits per heavy atom. The van der Waals surface area contributed by atoms with Gasteiger partial charge in [-0.05, 0) is 30.2 Å². The molecule has 1 atom stereocenters. The van der Waals surface area contributed by atoms with E-state index < -0.39 is 6.10 Å². The number of methoxy groups -OCH3 is 2. The minimum Gasteiger partial charge on any atom is -0.493 e. The SMILES string of the molecule is COc1cc(C)c(C(O)c2cn[nH]c2)cc1OC. The summed E-state index contributed by atoms with van der Waals surface area (Å²) >= 11 is 0. The van der Waals surface area contributed by atoms with Gasteiger partial charge in [0.05, 0.1) is 20.4 Å². The smallest absolute Gasteiger partial charge is 0.161 e. The maximum atomic E-state index is 10.3. The monoisotopic (exact) mass is 248 g/mol. The molecule has 0 spiro atoms. The summed E-state index contributed by atoms with van der Waals surface area (Å²) in [6.45, 7) is 1.92. The lowest BCUT2D eigenvalue weighted by Crippen LogP contribution is -2.03. The van der Waals surface area contributed by atoms with Crippen LogP contribution in [0.15, 0.2) is 24.5 Å². The number of aromatic amines is 1. The molecule has 2 rings (SSSR count). The molecule has 2 aromatic rings. The number of H-pyrrole nitrogens is 1. The Balaban J connectivity index is 2.45. The van der Waals surface area contributed by atoms with Gasteiger partial charge in [-0.1, -0.05) is 0 Å². The van der Waals surface area contributed by atoms with E-state index in [1.807, 2.05) is 13.0 Å². The lowest BCUT2D eigenvalue weighted by molar-refractivity contribution is 0.218. The van der Waals surface area contributed by atoms with Gasteiger partial charge in [0.2, 0.25) is 0 Å². The number of benzene rings is 1. The number of rotatable bonds is 4. The molecule has 1 aromatic heterocycles. The predicted molar refractivity (Wildman–Crippen MR) is 66.9 cm³/mol. The van der Waals surface area contributed by atoms with E-state index in [0.717, 1.165) is 11.1 Å². The number of hydrogen-bond acceptors (Lipinski definition) is 4. The highest BCUT2D eigenvalue weighted by atomic mass is 16.5. The average molecular weight is 248 g/mol. The zero-order chi connectivity index (χ0) is 13.1. The van der Waals surface area contributed by atoms with Gasteiger partial charge in [-0.2, -0.15) is 5.10 Å². The predicted octanol–water partition coefficient (Wildman–Crippen LogP) is 1.82. The molecule has 0 bridgehead atoms. The molecule has 1 heterocycles. The number of aliphatic hydroxyl groups is 1. The molecule has 18 heavy (non-hydrogen) atoms.